The van der Waals surface area contributed by atoms with Crippen LogP contribution in [0.1, 0.15) is 28.7 Å². The van der Waals surface area contributed by atoms with Gasteiger partial charge >= 0.3 is 0 Å². The molecule has 0 aliphatic carbocycles. The Morgan fingerprint density at radius 3 is 2.75 bits per heavy atom. The van der Waals surface area contributed by atoms with Gasteiger partial charge in [0.25, 0.3) is 0 Å². The average molecular weight is 297 g/mol. The van der Waals surface area contributed by atoms with Gasteiger partial charge in [-0.25, -0.2) is 0 Å². The number of halogens is 1. The Balaban J connectivity index is 2.35. The van der Waals surface area contributed by atoms with Gasteiger partial charge in [-0.2, -0.15) is 0 Å². The highest BCUT2D eigenvalue weighted by atomic mass is 79.9. The SMILES string of the molecule is CCC(Br)c1nnc(-c2ccccc2C)s1. The average Bonchev–Trinajstić information content (AvgIpc) is 2.78. The van der Waals surface area contributed by atoms with E-state index in [1.807, 2.05) is 12.1 Å². The molecule has 0 spiro atoms. The number of rotatable bonds is 3. The lowest BCUT2D eigenvalue weighted by Crippen LogP contribution is -1.85. The molecule has 2 nitrogen and oxygen atoms in total. The van der Waals surface area contributed by atoms with Crippen molar-refractivity contribution in [2.24, 2.45) is 0 Å². The Morgan fingerprint density at radius 2 is 2.06 bits per heavy atom. The predicted molar refractivity (Wildman–Crippen MR) is 72.0 cm³/mol. The maximum Gasteiger partial charge on any atom is 0.148 e. The Hall–Kier alpha value is -0.740. The molecule has 0 N–H and O–H groups in total. The van der Waals surface area contributed by atoms with Crippen molar-refractivity contribution in [1.29, 1.82) is 0 Å². The fourth-order valence-electron chi connectivity index (χ4n) is 1.46. The van der Waals surface area contributed by atoms with Gasteiger partial charge in [-0.3, -0.25) is 0 Å². The number of nitrogens with zero attached hydrogens (tertiary/aromatic N) is 2. The van der Waals surface area contributed by atoms with Crippen LogP contribution in [0.3, 0.4) is 0 Å². The zero-order chi connectivity index (χ0) is 11.5. The lowest BCUT2D eigenvalue weighted by Gasteiger charge is -2.00. The fourth-order valence-corrected chi connectivity index (χ4v) is 2.82. The van der Waals surface area contributed by atoms with Crippen LogP contribution < -0.4 is 0 Å². The van der Waals surface area contributed by atoms with Gasteiger partial charge < -0.3 is 0 Å². The number of alkyl halides is 1. The minimum absolute atomic E-state index is 0.322. The molecule has 1 unspecified atom stereocenters. The summed E-state index contributed by atoms with van der Waals surface area (Å²) in [6, 6.07) is 8.27. The summed E-state index contributed by atoms with van der Waals surface area (Å²) in [5, 5.41) is 10.5. The van der Waals surface area contributed by atoms with Crippen molar-refractivity contribution in [3.05, 3.63) is 34.8 Å². The van der Waals surface area contributed by atoms with Gasteiger partial charge in [-0.15, -0.1) is 10.2 Å². The number of aryl methyl sites for hydroxylation is 1. The summed E-state index contributed by atoms with van der Waals surface area (Å²) in [6.45, 7) is 4.23. The van der Waals surface area contributed by atoms with E-state index in [1.165, 1.54) is 11.1 Å². The quantitative estimate of drug-likeness (QED) is 0.787. The highest BCUT2D eigenvalue weighted by molar-refractivity contribution is 9.09. The van der Waals surface area contributed by atoms with Crippen molar-refractivity contribution in [1.82, 2.24) is 10.2 Å². The first-order chi connectivity index (χ1) is 7.72. The second kappa shape index (κ2) is 5.06. The van der Waals surface area contributed by atoms with Crippen molar-refractivity contribution >= 4 is 27.3 Å². The van der Waals surface area contributed by atoms with Crippen LogP contribution in [0, 0.1) is 6.92 Å². The summed E-state index contributed by atoms with van der Waals surface area (Å²) in [5.74, 6) is 0. The van der Waals surface area contributed by atoms with Crippen LogP contribution in [0.2, 0.25) is 0 Å². The molecule has 0 fully saturated rings. The number of aromatic nitrogens is 2. The summed E-state index contributed by atoms with van der Waals surface area (Å²) in [5.41, 5.74) is 2.43. The Labute approximate surface area is 108 Å². The van der Waals surface area contributed by atoms with Crippen LogP contribution in [0.15, 0.2) is 24.3 Å². The summed E-state index contributed by atoms with van der Waals surface area (Å²) >= 11 is 5.26. The lowest BCUT2D eigenvalue weighted by atomic mass is 10.1. The van der Waals surface area contributed by atoms with Crippen LogP contribution in [0.5, 0.6) is 0 Å². The minimum Gasteiger partial charge on any atom is -0.142 e. The van der Waals surface area contributed by atoms with Crippen LogP contribution in [-0.4, -0.2) is 10.2 Å². The molecule has 1 heterocycles. The number of hydrogen-bond acceptors (Lipinski definition) is 3. The second-order valence-electron chi connectivity index (χ2n) is 3.64. The third kappa shape index (κ3) is 2.33. The summed E-state index contributed by atoms with van der Waals surface area (Å²) in [7, 11) is 0. The molecule has 0 saturated heterocycles. The Kier molecular flexibility index (Phi) is 3.71. The number of hydrogen-bond donors (Lipinski definition) is 0. The van der Waals surface area contributed by atoms with Crippen molar-refractivity contribution in [3.63, 3.8) is 0 Å². The molecule has 0 aliphatic rings. The standard InChI is InChI=1S/C12H13BrN2S/c1-3-10(13)12-15-14-11(16-12)9-7-5-4-6-8(9)2/h4-7,10H,3H2,1-2H3. The van der Waals surface area contributed by atoms with Crippen LogP contribution >= 0.6 is 27.3 Å². The van der Waals surface area contributed by atoms with Gasteiger partial charge in [0.1, 0.15) is 10.0 Å². The third-order valence-electron chi connectivity index (χ3n) is 2.44. The van der Waals surface area contributed by atoms with Gasteiger partial charge in [0, 0.05) is 5.56 Å². The van der Waals surface area contributed by atoms with E-state index in [0.29, 0.717) is 4.83 Å². The van der Waals surface area contributed by atoms with Crippen molar-refractivity contribution < 1.29 is 0 Å². The van der Waals surface area contributed by atoms with E-state index in [1.54, 1.807) is 11.3 Å². The van der Waals surface area contributed by atoms with Crippen LogP contribution in [0.25, 0.3) is 10.6 Å². The molecular formula is C12H13BrN2S. The minimum atomic E-state index is 0.322. The molecular weight excluding hydrogens is 284 g/mol. The molecule has 0 bridgehead atoms. The zero-order valence-corrected chi connectivity index (χ0v) is 11.7. The zero-order valence-electron chi connectivity index (χ0n) is 9.27. The largest absolute Gasteiger partial charge is 0.148 e. The smallest absolute Gasteiger partial charge is 0.142 e. The van der Waals surface area contributed by atoms with E-state index in [2.05, 4.69) is 52.1 Å². The molecule has 16 heavy (non-hydrogen) atoms. The lowest BCUT2D eigenvalue weighted by molar-refractivity contribution is 0.870. The first-order valence-electron chi connectivity index (χ1n) is 5.26. The summed E-state index contributed by atoms with van der Waals surface area (Å²) < 4.78 is 0. The summed E-state index contributed by atoms with van der Waals surface area (Å²) in [6.07, 6.45) is 1.03. The molecule has 1 aromatic carbocycles. The molecule has 2 rings (SSSR count). The Bertz CT molecular complexity index is 481. The van der Waals surface area contributed by atoms with Gasteiger partial charge in [0.2, 0.25) is 0 Å². The molecule has 84 valence electrons. The highest BCUT2D eigenvalue weighted by Crippen LogP contribution is 2.33. The fraction of sp³-hybridized carbons (Fsp3) is 0.333. The van der Waals surface area contributed by atoms with E-state index in [-0.39, 0.29) is 0 Å². The molecule has 0 saturated carbocycles. The van der Waals surface area contributed by atoms with E-state index >= 15 is 0 Å². The molecule has 0 aliphatic heterocycles. The van der Waals surface area contributed by atoms with E-state index in [9.17, 15) is 0 Å². The first-order valence-corrected chi connectivity index (χ1v) is 6.99. The predicted octanol–water partition coefficient (Wildman–Crippen LogP) is 4.36. The normalized spacial score (nSPS) is 12.7. The molecule has 1 aromatic heterocycles. The number of benzene rings is 1. The van der Waals surface area contributed by atoms with E-state index < -0.39 is 0 Å². The van der Waals surface area contributed by atoms with Gasteiger partial charge in [0.05, 0.1) is 4.83 Å². The topological polar surface area (TPSA) is 25.8 Å². The van der Waals surface area contributed by atoms with Crippen molar-refractivity contribution in [2.45, 2.75) is 25.1 Å². The molecule has 2 aromatic rings. The van der Waals surface area contributed by atoms with Gasteiger partial charge in [-0.1, -0.05) is 58.5 Å². The van der Waals surface area contributed by atoms with E-state index in [4.69, 9.17) is 0 Å². The van der Waals surface area contributed by atoms with Gasteiger partial charge in [-0.05, 0) is 18.9 Å². The second-order valence-corrected chi connectivity index (χ2v) is 5.75. The van der Waals surface area contributed by atoms with Gasteiger partial charge in [0.15, 0.2) is 0 Å². The molecule has 0 radical (unpaired) electrons. The van der Waals surface area contributed by atoms with Crippen LogP contribution in [0.4, 0.5) is 0 Å². The maximum absolute atomic E-state index is 4.25. The van der Waals surface area contributed by atoms with Crippen LogP contribution in [-0.2, 0) is 0 Å². The molecule has 0 amide bonds. The molecule has 4 heteroatoms. The third-order valence-corrected chi connectivity index (χ3v) is 4.90. The highest BCUT2D eigenvalue weighted by Gasteiger charge is 2.13. The summed E-state index contributed by atoms with van der Waals surface area (Å²) in [4.78, 5) is 0.322. The first kappa shape index (κ1) is 11.7. The Morgan fingerprint density at radius 1 is 1.31 bits per heavy atom. The van der Waals surface area contributed by atoms with Crippen molar-refractivity contribution in [3.8, 4) is 10.6 Å². The van der Waals surface area contributed by atoms with Crippen molar-refractivity contribution in [2.75, 3.05) is 0 Å². The monoisotopic (exact) mass is 296 g/mol. The van der Waals surface area contributed by atoms with E-state index in [0.717, 1.165) is 16.4 Å². The molecule has 1 atom stereocenters. The maximum atomic E-state index is 4.25.